The Kier molecular flexibility index (Phi) is 5.34. The number of aromatic nitrogens is 1. The number of carbonyl (C=O) groups is 2. The third-order valence-electron chi connectivity index (χ3n) is 3.86. The number of carbonyl (C=O) groups excluding carboxylic acids is 2. The van der Waals surface area contributed by atoms with Gasteiger partial charge in [-0.25, -0.2) is 4.79 Å². The predicted octanol–water partition coefficient (Wildman–Crippen LogP) is 3.41. The molecule has 3 aromatic rings. The van der Waals surface area contributed by atoms with Gasteiger partial charge in [-0.15, -0.1) is 0 Å². The van der Waals surface area contributed by atoms with Crippen LogP contribution < -0.4 is 16.0 Å². The van der Waals surface area contributed by atoms with Gasteiger partial charge in [0.1, 0.15) is 0 Å². The standard InChI is InChI=1S/C20H20N4O2/c1-21-20(26)23-17-8-6-16(7-9-17)22-19(25)14-15-4-10-18(11-5-15)24-12-2-3-13-24/h2-13H,14H2,1H3,(H,22,25)(H2,21,23,26). The monoisotopic (exact) mass is 348 g/mol. The van der Waals surface area contributed by atoms with Gasteiger partial charge in [-0.3, -0.25) is 4.79 Å². The van der Waals surface area contributed by atoms with E-state index in [2.05, 4.69) is 16.0 Å². The van der Waals surface area contributed by atoms with E-state index in [1.807, 2.05) is 53.4 Å². The van der Waals surface area contributed by atoms with Crippen LogP contribution in [0.5, 0.6) is 0 Å². The molecule has 0 fully saturated rings. The van der Waals surface area contributed by atoms with E-state index in [1.54, 1.807) is 31.3 Å². The van der Waals surface area contributed by atoms with E-state index in [-0.39, 0.29) is 11.9 Å². The smallest absolute Gasteiger partial charge is 0.318 e. The number of anilines is 2. The molecule has 132 valence electrons. The Labute approximate surface area is 151 Å². The minimum atomic E-state index is -0.287. The maximum Gasteiger partial charge on any atom is 0.318 e. The summed E-state index contributed by atoms with van der Waals surface area (Å²) < 4.78 is 2.01. The molecule has 0 saturated heterocycles. The Morgan fingerprint density at radius 3 is 2.00 bits per heavy atom. The highest BCUT2D eigenvalue weighted by Gasteiger charge is 2.05. The van der Waals surface area contributed by atoms with Crippen LogP contribution in [0.2, 0.25) is 0 Å². The number of nitrogens with zero attached hydrogens (tertiary/aromatic N) is 1. The van der Waals surface area contributed by atoms with Crippen molar-refractivity contribution in [2.45, 2.75) is 6.42 Å². The maximum atomic E-state index is 12.2. The number of urea groups is 1. The highest BCUT2D eigenvalue weighted by molar-refractivity contribution is 5.93. The van der Waals surface area contributed by atoms with Crippen LogP contribution in [0.15, 0.2) is 73.1 Å². The molecule has 26 heavy (non-hydrogen) atoms. The molecule has 0 aliphatic carbocycles. The molecular formula is C20H20N4O2. The number of nitrogens with one attached hydrogen (secondary N) is 3. The van der Waals surface area contributed by atoms with Gasteiger partial charge in [0, 0.05) is 36.5 Å². The number of benzene rings is 2. The maximum absolute atomic E-state index is 12.2. The lowest BCUT2D eigenvalue weighted by Crippen LogP contribution is -2.24. The van der Waals surface area contributed by atoms with Gasteiger partial charge < -0.3 is 20.5 Å². The van der Waals surface area contributed by atoms with Crippen LogP contribution in [0.3, 0.4) is 0 Å². The molecule has 3 amide bonds. The van der Waals surface area contributed by atoms with E-state index < -0.39 is 0 Å². The van der Waals surface area contributed by atoms with Crippen molar-refractivity contribution in [3.63, 3.8) is 0 Å². The first kappa shape index (κ1) is 17.3. The normalized spacial score (nSPS) is 10.2. The molecule has 3 N–H and O–H groups in total. The lowest BCUT2D eigenvalue weighted by molar-refractivity contribution is -0.115. The fourth-order valence-corrected chi connectivity index (χ4v) is 2.51. The molecule has 0 atom stereocenters. The van der Waals surface area contributed by atoms with Crippen molar-refractivity contribution in [2.24, 2.45) is 0 Å². The van der Waals surface area contributed by atoms with Gasteiger partial charge in [0.25, 0.3) is 0 Å². The molecule has 0 bridgehead atoms. The van der Waals surface area contributed by atoms with E-state index in [0.29, 0.717) is 17.8 Å². The van der Waals surface area contributed by atoms with E-state index >= 15 is 0 Å². The first-order chi connectivity index (χ1) is 12.6. The molecule has 3 rings (SSSR count). The van der Waals surface area contributed by atoms with Crippen LogP contribution in [0, 0.1) is 0 Å². The number of hydrogen-bond acceptors (Lipinski definition) is 2. The topological polar surface area (TPSA) is 75.2 Å². The highest BCUT2D eigenvalue weighted by Crippen LogP contribution is 2.15. The van der Waals surface area contributed by atoms with Crippen molar-refractivity contribution in [3.8, 4) is 5.69 Å². The van der Waals surface area contributed by atoms with Crippen molar-refractivity contribution in [3.05, 3.63) is 78.6 Å². The second-order valence-electron chi connectivity index (χ2n) is 5.76. The molecular weight excluding hydrogens is 328 g/mol. The van der Waals surface area contributed by atoms with Gasteiger partial charge in [0.05, 0.1) is 6.42 Å². The summed E-state index contributed by atoms with van der Waals surface area (Å²) in [5.74, 6) is -0.0919. The average Bonchev–Trinajstić information content (AvgIpc) is 3.18. The Morgan fingerprint density at radius 2 is 1.42 bits per heavy atom. The first-order valence-corrected chi connectivity index (χ1v) is 8.25. The fourth-order valence-electron chi connectivity index (χ4n) is 2.51. The summed E-state index contributed by atoms with van der Waals surface area (Å²) in [6.45, 7) is 0. The van der Waals surface area contributed by atoms with Crippen LogP contribution in [-0.4, -0.2) is 23.6 Å². The minimum Gasteiger partial charge on any atom is -0.341 e. The van der Waals surface area contributed by atoms with E-state index in [4.69, 9.17) is 0 Å². The quantitative estimate of drug-likeness (QED) is 0.661. The highest BCUT2D eigenvalue weighted by atomic mass is 16.2. The summed E-state index contributed by atoms with van der Waals surface area (Å²) in [5.41, 5.74) is 3.33. The summed E-state index contributed by atoms with van der Waals surface area (Å²) in [7, 11) is 1.55. The van der Waals surface area contributed by atoms with Crippen molar-refractivity contribution < 1.29 is 9.59 Å². The molecule has 0 spiro atoms. The van der Waals surface area contributed by atoms with Gasteiger partial charge >= 0.3 is 6.03 Å². The number of amides is 3. The number of rotatable bonds is 5. The fraction of sp³-hybridized carbons (Fsp3) is 0.100. The van der Waals surface area contributed by atoms with Crippen molar-refractivity contribution in [1.82, 2.24) is 9.88 Å². The van der Waals surface area contributed by atoms with Crippen molar-refractivity contribution in [2.75, 3.05) is 17.7 Å². The van der Waals surface area contributed by atoms with Crippen molar-refractivity contribution >= 4 is 23.3 Å². The summed E-state index contributed by atoms with van der Waals surface area (Å²) in [5, 5.41) is 8.00. The lowest BCUT2D eigenvalue weighted by atomic mass is 10.1. The van der Waals surface area contributed by atoms with Gasteiger partial charge in [-0.2, -0.15) is 0 Å². The molecule has 0 unspecified atom stereocenters. The van der Waals surface area contributed by atoms with Crippen LogP contribution in [0.25, 0.3) is 5.69 Å². The second-order valence-corrected chi connectivity index (χ2v) is 5.76. The molecule has 0 saturated carbocycles. The summed E-state index contributed by atoms with van der Waals surface area (Å²) in [4.78, 5) is 23.5. The zero-order chi connectivity index (χ0) is 18.4. The zero-order valence-corrected chi connectivity index (χ0v) is 14.4. The summed E-state index contributed by atoms with van der Waals surface area (Å²) >= 11 is 0. The van der Waals surface area contributed by atoms with E-state index in [9.17, 15) is 9.59 Å². The Morgan fingerprint density at radius 1 is 0.846 bits per heavy atom. The minimum absolute atomic E-state index is 0.0919. The third-order valence-corrected chi connectivity index (χ3v) is 3.86. The SMILES string of the molecule is CNC(=O)Nc1ccc(NC(=O)Cc2ccc(-n3cccc3)cc2)cc1. The Hall–Kier alpha value is -3.54. The summed E-state index contributed by atoms with van der Waals surface area (Å²) in [6.07, 6.45) is 4.25. The Balaban J connectivity index is 1.56. The largest absolute Gasteiger partial charge is 0.341 e. The van der Waals surface area contributed by atoms with Crippen LogP contribution in [-0.2, 0) is 11.2 Å². The molecule has 0 aliphatic heterocycles. The van der Waals surface area contributed by atoms with E-state index in [1.165, 1.54) is 0 Å². The summed E-state index contributed by atoms with van der Waals surface area (Å²) in [6, 6.07) is 18.5. The van der Waals surface area contributed by atoms with Gasteiger partial charge in [-0.05, 0) is 54.1 Å². The molecule has 2 aromatic carbocycles. The molecule has 0 aliphatic rings. The molecule has 6 nitrogen and oxygen atoms in total. The first-order valence-electron chi connectivity index (χ1n) is 8.25. The predicted molar refractivity (Wildman–Crippen MR) is 103 cm³/mol. The Bertz CT molecular complexity index is 869. The van der Waals surface area contributed by atoms with Crippen LogP contribution in [0.4, 0.5) is 16.2 Å². The van der Waals surface area contributed by atoms with E-state index in [0.717, 1.165) is 11.3 Å². The van der Waals surface area contributed by atoms with Gasteiger partial charge in [-0.1, -0.05) is 12.1 Å². The number of hydrogen-bond donors (Lipinski definition) is 3. The van der Waals surface area contributed by atoms with Gasteiger partial charge in [0.15, 0.2) is 0 Å². The molecule has 1 heterocycles. The van der Waals surface area contributed by atoms with Crippen LogP contribution >= 0.6 is 0 Å². The molecule has 6 heteroatoms. The zero-order valence-electron chi connectivity index (χ0n) is 14.4. The van der Waals surface area contributed by atoms with Crippen LogP contribution in [0.1, 0.15) is 5.56 Å². The van der Waals surface area contributed by atoms with Crippen molar-refractivity contribution in [1.29, 1.82) is 0 Å². The lowest BCUT2D eigenvalue weighted by Gasteiger charge is -2.08. The molecule has 0 radical (unpaired) electrons. The third kappa shape index (κ3) is 4.51. The molecule has 1 aromatic heterocycles. The van der Waals surface area contributed by atoms with Gasteiger partial charge in [0.2, 0.25) is 5.91 Å². The second kappa shape index (κ2) is 8.02. The average molecular weight is 348 g/mol.